The Morgan fingerprint density at radius 3 is 2.49 bits per heavy atom. The van der Waals surface area contributed by atoms with E-state index in [9.17, 15) is 14.4 Å². The molecule has 0 aliphatic carbocycles. The van der Waals surface area contributed by atoms with Crippen LogP contribution < -0.4 is 9.64 Å². The lowest BCUT2D eigenvalue weighted by molar-refractivity contribution is -0.138. The number of fused-ring (bicyclic) bond motifs is 1. The van der Waals surface area contributed by atoms with Crippen LogP contribution in [0.1, 0.15) is 83.1 Å². The molecule has 10 heteroatoms. The van der Waals surface area contributed by atoms with Crippen molar-refractivity contribution in [3.8, 4) is 5.75 Å². The molecule has 2 aliphatic heterocycles. The zero-order chi connectivity index (χ0) is 30.5. The standard InChI is InChI=1S/C31H49N3O7/c1-21(2)34(23-13-12-14-32(19-23)29(37)41-30(4,5)6)27(35)24-18-25-26(17-22(24)3)40-31(7,20-39-9)28(36)33(25)15-10-11-16-38-8/h17-18,21,23H,10-16,19-20H2,1-9H3/t23-,31?/m1/s1. The lowest BCUT2D eigenvalue weighted by atomic mass is 9.96. The minimum atomic E-state index is -1.17. The largest absolute Gasteiger partial charge is 0.473 e. The molecule has 3 rings (SSSR count). The second-order valence-corrected chi connectivity index (χ2v) is 12.6. The number of hydrogen-bond donors (Lipinski definition) is 0. The van der Waals surface area contributed by atoms with Crippen molar-refractivity contribution in [1.82, 2.24) is 9.80 Å². The van der Waals surface area contributed by atoms with Crippen LogP contribution >= 0.6 is 0 Å². The maximum Gasteiger partial charge on any atom is 0.410 e. The van der Waals surface area contributed by atoms with Crippen LogP contribution in [0, 0.1) is 6.92 Å². The Balaban J connectivity index is 1.94. The number of amides is 3. The van der Waals surface area contributed by atoms with E-state index in [2.05, 4.69) is 0 Å². The number of carbonyl (C=O) groups is 3. The van der Waals surface area contributed by atoms with Gasteiger partial charge in [-0.3, -0.25) is 9.59 Å². The summed E-state index contributed by atoms with van der Waals surface area (Å²) in [5, 5.41) is 0. The highest BCUT2D eigenvalue weighted by Crippen LogP contribution is 2.41. The number of benzene rings is 1. The van der Waals surface area contributed by atoms with E-state index in [1.165, 1.54) is 0 Å². The monoisotopic (exact) mass is 575 g/mol. The molecule has 10 nitrogen and oxygen atoms in total. The minimum absolute atomic E-state index is 0.102. The fourth-order valence-electron chi connectivity index (χ4n) is 5.61. The first-order chi connectivity index (χ1) is 19.2. The van der Waals surface area contributed by atoms with Crippen molar-refractivity contribution in [3.05, 3.63) is 23.3 Å². The van der Waals surface area contributed by atoms with E-state index < -0.39 is 11.2 Å². The highest BCUT2D eigenvalue weighted by Gasteiger charge is 2.45. The zero-order valence-corrected chi connectivity index (χ0v) is 26.4. The van der Waals surface area contributed by atoms with E-state index in [1.807, 2.05) is 52.5 Å². The number of hydrogen-bond acceptors (Lipinski definition) is 7. The van der Waals surface area contributed by atoms with Gasteiger partial charge in [-0.05, 0) is 91.8 Å². The van der Waals surface area contributed by atoms with Gasteiger partial charge >= 0.3 is 6.09 Å². The van der Waals surface area contributed by atoms with Crippen LogP contribution in [-0.4, -0.2) is 98.1 Å². The van der Waals surface area contributed by atoms with Gasteiger partial charge in [0.25, 0.3) is 11.8 Å². The third kappa shape index (κ3) is 7.71. The predicted octanol–water partition coefficient (Wildman–Crippen LogP) is 4.80. The third-order valence-electron chi connectivity index (χ3n) is 7.49. The van der Waals surface area contributed by atoms with Gasteiger partial charge in [0.15, 0.2) is 0 Å². The van der Waals surface area contributed by atoms with Gasteiger partial charge in [-0.25, -0.2) is 4.79 Å². The molecule has 3 amide bonds. The topological polar surface area (TPSA) is 97.8 Å². The van der Waals surface area contributed by atoms with Crippen molar-refractivity contribution in [1.29, 1.82) is 0 Å². The molecule has 0 N–H and O–H groups in total. The van der Waals surface area contributed by atoms with Crippen LogP contribution in [0.2, 0.25) is 0 Å². The van der Waals surface area contributed by atoms with E-state index in [4.69, 9.17) is 18.9 Å². The quantitative estimate of drug-likeness (QED) is 0.370. The molecule has 230 valence electrons. The summed E-state index contributed by atoms with van der Waals surface area (Å²) >= 11 is 0. The number of unbranched alkanes of at least 4 members (excludes halogenated alkanes) is 1. The maximum atomic E-state index is 14.2. The number of anilines is 1. The van der Waals surface area contributed by atoms with Crippen LogP contribution in [0.5, 0.6) is 5.75 Å². The number of nitrogens with zero attached hydrogens (tertiary/aromatic N) is 3. The van der Waals surface area contributed by atoms with Crippen molar-refractivity contribution >= 4 is 23.6 Å². The second kappa shape index (κ2) is 13.4. The zero-order valence-electron chi connectivity index (χ0n) is 26.4. The van der Waals surface area contributed by atoms with Crippen molar-refractivity contribution in [2.75, 3.05) is 52.0 Å². The average Bonchev–Trinajstić information content (AvgIpc) is 2.87. The molecule has 1 aromatic rings. The molecule has 0 saturated carbocycles. The lowest BCUT2D eigenvalue weighted by Crippen LogP contribution is -2.57. The van der Waals surface area contributed by atoms with Gasteiger partial charge in [-0.15, -0.1) is 0 Å². The molecule has 0 aromatic heterocycles. The second-order valence-electron chi connectivity index (χ2n) is 12.6. The highest BCUT2D eigenvalue weighted by molar-refractivity contribution is 6.05. The van der Waals surface area contributed by atoms with Crippen molar-refractivity contribution in [2.24, 2.45) is 0 Å². The Labute approximate surface area is 245 Å². The number of rotatable bonds is 10. The van der Waals surface area contributed by atoms with E-state index in [-0.39, 0.29) is 36.6 Å². The Morgan fingerprint density at radius 1 is 1.17 bits per heavy atom. The summed E-state index contributed by atoms with van der Waals surface area (Å²) in [6.07, 6.45) is 2.74. The van der Waals surface area contributed by atoms with Crippen molar-refractivity contribution in [2.45, 2.75) is 97.4 Å². The molecule has 0 bridgehead atoms. The van der Waals surface area contributed by atoms with Gasteiger partial charge in [0.05, 0.1) is 18.3 Å². The first kappa shape index (κ1) is 32.7. The molecule has 2 atom stereocenters. The number of likely N-dealkylation sites (tertiary alicyclic amines) is 1. The van der Waals surface area contributed by atoms with Crippen LogP contribution in [0.25, 0.3) is 0 Å². The van der Waals surface area contributed by atoms with Gasteiger partial charge in [0.1, 0.15) is 11.4 Å². The predicted molar refractivity (Wildman–Crippen MR) is 158 cm³/mol. The first-order valence-corrected chi connectivity index (χ1v) is 14.7. The number of ether oxygens (including phenoxy) is 4. The first-order valence-electron chi connectivity index (χ1n) is 14.7. The van der Waals surface area contributed by atoms with Crippen LogP contribution in [0.15, 0.2) is 12.1 Å². The van der Waals surface area contributed by atoms with Crippen LogP contribution in [0.4, 0.5) is 10.5 Å². The molecule has 0 spiro atoms. The smallest absolute Gasteiger partial charge is 0.410 e. The number of methoxy groups -OCH3 is 2. The van der Waals surface area contributed by atoms with Gasteiger partial charge in [-0.1, -0.05) is 0 Å². The molecular formula is C31H49N3O7. The SMILES string of the molecule is COCCCCN1C(=O)C(C)(COC)Oc2cc(C)c(C(=O)N(C(C)C)[C@@H]3CCCN(C(=O)OC(C)(C)C)C3)cc21. The van der Waals surface area contributed by atoms with E-state index in [0.717, 1.165) is 31.2 Å². The normalized spacial score (nSPS) is 21.0. The van der Waals surface area contributed by atoms with E-state index in [0.29, 0.717) is 43.2 Å². The van der Waals surface area contributed by atoms with Crippen molar-refractivity contribution < 1.29 is 33.3 Å². The summed E-state index contributed by atoms with van der Waals surface area (Å²) in [4.78, 5) is 46.0. The minimum Gasteiger partial charge on any atom is -0.473 e. The third-order valence-corrected chi connectivity index (χ3v) is 7.49. The fourth-order valence-corrected chi connectivity index (χ4v) is 5.61. The molecule has 1 aromatic carbocycles. The van der Waals surface area contributed by atoms with Gasteiger partial charge in [-0.2, -0.15) is 0 Å². The molecule has 1 fully saturated rings. The summed E-state index contributed by atoms with van der Waals surface area (Å²) < 4.78 is 22.4. The molecule has 1 unspecified atom stereocenters. The Morgan fingerprint density at radius 2 is 1.88 bits per heavy atom. The molecule has 1 saturated heterocycles. The number of carbonyl (C=O) groups excluding carboxylic acids is 3. The van der Waals surface area contributed by atoms with Gasteiger partial charge in [0, 0.05) is 52.1 Å². The fraction of sp³-hybridized carbons (Fsp3) is 0.710. The molecule has 2 heterocycles. The molecule has 2 aliphatic rings. The summed E-state index contributed by atoms with van der Waals surface area (Å²) in [5.74, 6) is 0.218. The Bertz CT molecular complexity index is 1100. The van der Waals surface area contributed by atoms with Gasteiger partial charge in [0.2, 0.25) is 5.60 Å². The Hall–Kier alpha value is -2.85. The summed E-state index contributed by atoms with van der Waals surface area (Å²) in [5.41, 5.74) is 0.0929. The molecule has 0 radical (unpaired) electrons. The van der Waals surface area contributed by atoms with E-state index in [1.54, 1.807) is 37.0 Å². The maximum absolute atomic E-state index is 14.2. The lowest BCUT2D eigenvalue weighted by Gasteiger charge is -2.42. The van der Waals surface area contributed by atoms with Crippen LogP contribution in [-0.2, 0) is 19.0 Å². The van der Waals surface area contributed by atoms with Crippen LogP contribution in [0.3, 0.4) is 0 Å². The van der Waals surface area contributed by atoms with Crippen molar-refractivity contribution in [3.63, 3.8) is 0 Å². The highest BCUT2D eigenvalue weighted by atomic mass is 16.6. The number of piperidine rings is 1. The molecule has 41 heavy (non-hydrogen) atoms. The van der Waals surface area contributed by atoms with E-state index >= 15 is 0 Å². The summed E-state index contributed by atoms with van der Waals surface area (Å²) in [7, 11) is 3.20. The summed E-state index contributed by atoms with van der Waals surface area (Å²) in [6.45, 7) is 15.3. The average molecular weight is 576 g/mol. The molecular weight excluding hydrogens is 526 g/mol. The number of aryl methyl sites for hydroxylation is 1. The Kier molecular flexibility index (Phi) is 10.7. The summed E-state index contributed by atoms with van der Waals surface area (Å²) in [6, 6.07) is 3.37. The van der Waals surface area contributed by atoms with Gasteiger partial charge < -0.3 is 33.6 Å².